The molecule has 1 N–H and O–H groups in total. The minimum atomic E-state index is -0.146. The monoisotopic (exact) mass is 428 g/mol. The number of aliphatic imine (C=N–C) groups is 1. The lowest BCUT2D eigenvalue weighted by Gasteiger charge is -2.16. The van der Waals surface area contributed by atoms with Crippen LogP contribution < -0.4 is 10.1 Å². The zero-order chi connectivity index (χ0) is 21.1. The molecule has 0 atom stereocenters. The van der Waals surface area contributed by atoms with Crippen LogP contribution in [-0.2, 0) is 4.79 Å². The van der Waals surface area contributed by atoms with Crippen LogP contribution >= 0.6 is 23.4 Å². The Hall–Kier alpha value is -2.24. The number of amidine groups is 1. The number of carbonyl (C=O) groups is 1. The van der Waals surface area contributed by atoms with E-state index in [9.17, 15) is 4.79 Å². The minimum Gasteiger partial charge on any atom is -0.494 e. The Bertz CT molecular complexity index is 1010. The SMILES string of the molecule is CCOc1cc(C)c(/C=C2/SC(=Nc3cccc(Cl)c3C)NC2=O)cc1C(C)C. The molecule has 3 rings (SSSR count). The highest BCUT2D eigenvalue weighted by molar-refractivity contribution is 8.18. The molecule has 0 aliphatic carbocycles. The molecule has 29 heavy (non-hydrogen) atoms. The van der Waals surface area contributed by atoms with E-state index in [1.807, 2.05) is 51.1 Å². The van der Waals surface area contributed by atoms with Gasteiger partial charge in [-0.1, -0.05) is 31.5 Å². The van der Waals surface area contributed by atoms with E-state index in [1.165, 1.54) is 11.8 Å². The minimum absolute atomic E-state index is 0.146. The molecule has 0 aromatic heterocycles. The molecule has 1 fully saturated rings. The molecule has 0 saturated carbocycles. The van der Waals surface area contributed by atoms with Crippen molar-refractivity contribution in [3.63, 3.8) is 0 Å². The molecule has 1 aliphatic rings. The smallest absolute Gasteiger partial charge is 0.264 e. The van der Waals surface area contributed by atoms with Gasteiger partial charge in [-0.05, 0) is 91.0 Å². The third kappa shape index (κ3) is 4.85. The number of nitrogens with zero attached hydrogens (tertiary/aromatic N) is 1. The Morgan fingerprint density at radius 2 is 2.03 bits per heavy atom. The summed E-state index contributed by atoms with van der Waals surface area (Å²) in [6.45, 7) is 10.8. The van der Waals surface area contributed by atoms with Gasteiger partial charge in [0.1, 0.15) is 5.75 Å². The van der Waals surface area contributed by atoms with E-state index in [4.69, 9.17) is 16.3 Å². The molecule has 2 aromatic rings. The molecule has 1 saturated heterocycles. The Balaban J connectivity index is 1.93. The Labute approximate surface area is 181 Å². The van der Waals surface area contributed by atoms with Crippen LogP contribution in [0.5, 0.6) is 5.75 Å². The number of amides is 1. The summed E-state index contributed by atoms with van der Waals surface area (Å²) < 4.78 is 5.79. The van der Waals surface area contributed by atoms with Gasteiger partial charge in [-0.3, -0.25) is 4.79 Å². The highest BCUT2D eigenvalue weighted by Crippen LogP contribution is 2.34. The van der Waals surface area contributed by atoms with E-state index in [0.29, 0.717) is 27.6 Å². The molecule has 0 spiro atoms. The maximum Gasteiger partial charge on any atom is 0.264 e. The molecule has 0 radical (unpaired) electrons. The number of hydrogen-bond donors (Lipinski definition) is 1. The largest absolute Gasteiger partial charge is 0.494 e. The van der Waals surface area contributed by atoms with Crippen LogP contribution in [0.1, 0.15) is 48.9 Å². The molecule has 0 unspecified atom stereocenters. The zero-order valence-electron chi connectivity index (χ0n) is 17.3. The van der Waals surface area contributed by atoms with E-state index in [0.717, 1.165) is 33.7 Å². The number of halogens is 1. The molecule has 152 valence electrons. The number of nitrogens with one attached hydrogen (secondary N) is 1. The van der Waals surface area contributed by atoms with Gasteiger partial charge in [-0.2, -0.15) is 0 Å². The van der Waals surface area contributed by atoms with Gasteiger partial charge in [-0.25, -0.2) is 4.99 Å². The number of carbonyl (C=O) groups excluding carboxylic acids is 1. The highest BCUT2D eigenvalue weighted by atomic mass is 35.5. The first-order valence-corrected chi connectivity index (χ1v) is 10.8. The van der Waals surface area contributed by atoms with Gasteiger partial charge in [0.25, 0.3) is 5.91 Å². The number of rotatable bonds is 5. The van der Waals surface area contributed by atoms with Crippen molar-refractivity contribution in [3.8, 4) is 5.75 Å². The summed E-state index contributed by atoms with van der Waals surface area (Å²) in [6, 6.07) is 9.72. The second-order valence-electron chi connectivity index (χ2n) is 7.20. The first kappa shape index (κ1) is 21.5. The number of benzene rings is 2. The standard InChI is InChI=1S/C23H25ClN2O2S/c1-6-28-20-10-14(4)16(11-17(20)13(2)3)12-21-22(27)26-23(29-21)25-19-9-7-8-18(24)15(19)5/h7-13H,6H2,1-5H3,(H,25,26,27)/b21-12+. The summed E-state index contributed by atoms with van der Waals surface area (Å²) in [5.74, 6) is 1.08. The van der Waals surface area contributed by atoms with E-state index in [1.54, 1.807) is 0 Å². The molecule has 1 heterocycles. The predicted molar refractivity (Wildman–Crippen MR) is 123 cm³/mol. The van der Waals surface area contributed by atoms with E-state index in [-0.39, 0.29) is 5.91 Å². The summed E-state index contributed by atoms with van der Waals surface area (Å²) >= 11 is 7.51. The molecule has 0 bridgehead atoms. The summed E-state index contributed by atoms with van der Waals surface area (Å²) in [5.41, 5.74) is 4.85. The summed E-state index contributed by atoms with van der Waals surface area (Å²) in [6.07, 6.45) is 1.92. The second kappa shape index (κ2) is 9.06. The van der Waals surface area contributed by atoms with Crippen LogP contribution in [0.3, 0.4) is 0 Å². The lowest BCUT2D eigenvalue weighted by molar-refractivity contribution is -0.115. The lowest BCUT2D eigenvalue weighted by atomic mass is 9.96. The van der Waals surface area contributed by atoms with Crippen LogP contribution in [0.15, 0.2) is 40.2 Å². The van der Waals surface area contributed by atoms with Gasteiger partial charge < -0.3 is 10.1 Å². The third-order valence-corrected chi connectivity index (χ3v) is 6.04. The van der Waals surface area contributed by atoms with E-state index in [2.05, 4.69) is 30.2 Å². The fourth-order valence-corrected chi connectivity index (χ4v) is 4.05. The molecular formula is C23H25ClN2O2S. The Morgan fingerprint density at radius 3 is 2.72 bits per heavy atom. The van der Waals surface area contributed by atoms with Crippen molar-refractivity contribution in [3.05, 3.63) is 62.5 Å². The van der Waals surface area contributed by atoms with E-state index < -0.39 is 0 Å². The van der Waals surface area contributed by atoms with Gasteiger partial charge in [0.05, 0.1) is 17.2 Å². The quantitative estimate of drug-likeness (QED) is 0.563. The molecular weight excluding hydrogens is 404 g/mol. The first-order valence-electron chi connectivity index (χ1n) is 9.62. The molecule has 2 aromatic carbocycles. The Morgan fingerprint density at radius 1 is 1.28 bits per heavy atom. The van der Waals surface area contributed by atoms with Crippen molar-refractivity contribution in [2.75, 3.05) is 6.61 Å². The second-order valence-corrected chi connectivity index (χ2v) is 8.64. The number of hydrogen-bond acceptors (Lipinski definition) is 4. The van der Waals surface area contributed by atoms with Gasteiger partial charge in [0.2, 0.25) is 0 Å². The van der Waals surface area contributed by atoms with Crippen LogP contribution in [-0.4, -0.2) is 17.7 Å². The van der Waals surface area contributed by atoms with Gasteiger partial charge in [0.15, 0.2) is 5.17 Å². The van der Waals surface area contributed by atoms with Crippen molar-refractivity contribution in [1.29, 1.82) is 0 Å². The maximum absolute atomic E-state index is 12.5. The average molecular weight is 429 g/mol. The lowest BCUT2D eigenvalue weighted by Crippen LogP contribution is -2.19. The number of ether oxygens (including phenoxy) is 1. The number of aryl methyl sites for hydroxylation is 1. The van der Waals surface area contributed by atoms with Crippen LogP contribution in [0.25, 0.3) is 6.08 Å². The predicted octanol–water partition coefficient (Wildman–Crippen LogP) is 6.37. The van der Waals surface area contributed by atoms with Gasteiger partial charge in [-0.15, -0.1) is 0 Å². The number of thioether (sulfide) groups is 1. The third-order valence-electron chi connectivity index (χ3n) is 4.72. The van der Waals surface area contributed by atoms with Gasteiger partial charge in [0, 0.05) is 5.02 Å². The molecule has 1 aliphatic heterocycles. The van der Waals surface area contributed by atoms with Crippen molar-refractivity contribution in [1.82, 2.24) is 5.32 Å². The topological polar surface area (TPSA) is 50.7 Å². The van der Waals surface area contributed by atoms with Crippen LogP contribution in [0, 0.1) is 13.8 Å². The molecule has 1 amide bonds. The van der Waals surface area contributed by atoms with Crippen molar-refractivity contribution in [2.45, 2.75) is 40.5 Å². The summed E-state index contributed by atoms with van der Waals surface area (Å²) in [5, 5.41) is 4.06. The fraction of sp³-hybridized carbons (Fsp3) is 0.304. The zero-order valence-corrected chi connectivity index (χ0v) is 18.9. The van der Waals surface area contributed by atoms with Crippen LogP contribution in [0.4, 0.5) is 5.69 Å². The van der Waals surface area contributed by atoms with E-state index >= 15 is 0 Å². The first-order chi connectivity index (χ1) is 13.8. The van der Waals surface area contributed by atoms with Crippen molar-refractivity contribution < 1.29 is 9.53 Å². The molecule has 4 nitrogen and oxygen atoms in total. The fourth-order valence-electron chi connectivity index (χ4n) is 3.05. The van der Waals surface area contributed by atoms with Crippen LogP contribution in [0.2, 0.25) is 5.02 Å². The van der Waals surface area contributed by atoms with Crippen molar-refractivity contribution >= 4 is 46.2 Å². The summed E-state index contributed by atoms with van der Waals surface area (Å²) in [4.78, 5) is 17.7. The van der Waals surface area contributed by atoms with Crippen molar-refractivity contribution in [2.24, 2.45) is 4.99 Å². The normalized spacial score (nSPS) is 16.7. The maximum atomic E-state index is 12.5. The van der Waals surface area contributed by atoms with Gasteiger partial charge >= 0.3 is 0 Å². The highest BCUT2D eigenvalue weighted by Gasteiger charge is 2.24. The average Bonchev–Trinajstić information content (AvgIpc) is 3.00. The Kier molecular flexibility index (Phi) is 6.70. The molecule has 6 heteroatoms. The summed E-state index contributed by atoms with van der Waals surface area (Å²) in [7, 11) is 0.